The van der Waals surface area contributed by atoms with Crippen LogP contribution in [-0.2, 0) is 9.53 Å². The minimum absolute atomic E-state index is 0. The van der Waals surface area contributed by atoms with Gasteiger partial charge in [0.05, 0.1) is 18.8 Å². The van der Waals surface area contributed by atoms with E-state index in [1.54, 1.807) is 6.92 Å². The summed E-state index contributed by atoms with van der Waals surface area (Å²) in [5.41, 5.74) is 0.108. The number of carbonyl (C=O) groups is 1. The zero-order chi connectivity index (χ0) is 7.28. The van der Waals surface area contributed by atoms with E-state index in [1.165, 1.54) is 13.2 Å². The van der Waals surface area contributed by atoms with Crippen molar-refractivity contribution in [3.8, 4) is 0 Å². The van der Waals surface area contributed by atoms with E-state index in [9.17, 15) is 9.90 Å². The van der Waals surface area contributed by atoms with Crippen molar-refractivity contribution in [3.05, 3.63) is 11.8 Å². The first-order chi connectivity index (χ1) is 4.18. The van der Waals surface area contributed by atoms with Crippen LogP contribution in [0.5, 0.6) is 0 Å². The van der Waals surface area contributed by atoms with Gasteiger partial charge in [-0.25, -0.2) is 0 Å². The molecule has 3 nitrogen and oxygen atoms in total. The molecule has 10 heavy (non-hydrogen) atoms. The van der Waals surface area contributed by atoms with Crippen molar-refractivity contribution in [3.63, 3.8) is 0 Å². The Bertz CT molecular complexity index is 131. The van der Waals surface area contributed by atoms with Crippen molar-refractivity contribution in [1.82, 2.24) is 0 Å². The molecule has 0 aliphatic heterocycles. The van der Waals surface area contributed by atoms with Crippen LogP contribution in [0.2, 0.25) is 0 Å². The van der Waals surface area contributed by atoms with Crippen LogP contribution >= 0.6 is 0 Å². The smallest absolute Gasteiger partial charge is 0.545 e. The maximum atomic E-state index is 9.95. The number of hydrogen-bond acceptors (Lipinski definition) is 3. The van der Waals surface area contributed by atoms with E-state index in [0.717, 1.165) is 0 Å². The Morgan fingerprint density at radius 1 is 1.70 bits per heavy atom. The molecule has 4 heteroatoms. The molecule has 52 valence electrons. The fraction of sp³-hybridized carbons (Fsp3) is 0.500. The van der Waals surface area contributed by atoms with Crippen LogP contribution in [-0.4, -0.2) is 12.6 Å². The van der Waals surface area contributed by atoms with Crippen LogP contribution in [0.4, 0.5) is 0 Å². The summed E-state index contributed by atoms with van der Waals surface area (Å²) in [4.78, 5) is 9.95. The fourth-order valence-electron chi connectivity index (χ4n) is 0.256. The summed E-state index contributed by atoms with van der Waals surface area (Å²) in [6, 6.07) is 0. The van der Waals surface area contributed by atoms with E-state index >= 15 is 0 Å². The molecule has 0 aliphatic carbocycles. The second-order valence-electron chi connectivity index (χ2n) is 1.54. The topological polar surface area (TPSA) is 49.4 Å². The van der Waals surface area contributed by atoms with Gasteiger partial charge in [-0.1, -0.05) is 0 Å². The summed E-state index contributed by atoms with van der Waals surface area (Å²) in [6.45, 7) is 3.68. The molecule has 0 heterocycles. The third-order valence-electron chi connectivity index (χ3n) is 0.749. The molecule has 0 rings (SSSR count). The summed E-state index contributed by atoms with van der Waals surface area (Å²) in [5, 5.41) is 9.95. The molecule has 0 aliphatic rings. The summed E-state index contributed by atoms with van der Waals surface area (Å²) in [7, 11) is 0. The molecule has 0 saturated carbocycles. The Hall–Kier alpha value is 0.0100. The SMILES string of the molecule is CCOC=C(C)C(=O)[O-].[Na+]. The molecule has 0 aromatic heterocycles. The summed E-state index contributed by atoms with van der Waals surface area (Å²) in [5.74, 6) is -1.19. The van der Waals surface area contributed by atoms with Gasteiger partial charge in [0.15, 0.2) is 0 Å². The number of carboxylic acids is 1. The second-order valence-corrected chi connectivity index (χ2v) is 1.54. The Balaban J connectivity index is 0. The van der Waals surface area contributed by atoms with Gasteiger partial charge in [0, 0.05) is 5.57 Å². The average Bonchev–Trinajstić information content (AvgIpc) is 1.82. The fourth-order valence-corrected chi connectivity index (χ4v) is 0.256. The molecular formula is C6H9NaO3. The van der Waals surface area contributed by atoms with Crippen molar-refractivity contribution >= 4 is 5.97 Å². The molecule has 0 radical (unpaired) electrons. The molecule has 0 amide bonds. The van der Waals surface area contributed by atoms with E-state index in [4.69, 9.17) is 0 Å². The third-order valence-corrected chi connectivity index (χ3v) is 0.749. The number of carbonyl (C=O) groups excluding carboxylic acids is 1. The quantitative estimate of drug-likeness (QED) is 0.241. The van der Waals surface area contributed by atoms with Crippen molar-refractivity contribution in [1.29, 1.82) is 0 Å². The molecule has 0 aromatic rings. The van der Waals surface area contributed by atoms with Crippen molar-refractivity contribution < 1.29 is 44.2 Å². The van der Waals surface area contributed by atoms with Crippen molar-refractivity contribution in [2.24, 2.45) is 0 Å². The number of carboxylic acid groups (broad SMARTS) is 1. The number of ether oxygens (including phenoxy) is 1. The predicted molar refractivity (Wildman–Crippen MR) is 30.4 cm³/mol. The Kier molecular flexibility index (Phi) is 9.02. The second kappa shape index (κ2) is 7.12. The van der Waals surface area contributed by atoms with Crippen molar-refractivity contribution in [2.75, 3.05) is 6.61 Å². The summed E-state index contributed by atoms with van der Waals surface area (Å²) >= 11 is 0. The van der Waals surface area contributed by atoms with Gasteiger partial charge >= 0.3 is 29.6 Å². The Morgan fingerprint density at radius 3 is 2.50 bits per heavy atom. The van der Waals surface area contributed by atoms with Gasteiger partial charge in [0.2, 0.25) is 0 Å². The Labute approximate surface area is 82.4 Å². The Morgan fingerprint density at radius 2 is 2.20 bits per heavy atom. The maximum absolute atomic E-state index is 9.95. The van der Waals surface area contributed by atoms with E-state index in [2.05, 4.69) is 4.74 Å². The minimum Gasteiger partial charge on any atom is -0.545 e. The molecular weight excluding hydrogens is 143 g/mol. The number of hydrogen-bond donors (Lipinski definition) is 0. The first-order valence-electron chi connectivity index (χ1n) is 2.68. The van der Waals surface area contributed by atoms with Crippen LogP contribution in [0, 0.1) is 0 Å². The van der Waals surface area contributed by atoms with E-state index in [1.807, 2.05) is 0 Å². The predicted octanol–water partition coefficient (Wildman–Crippen LogP) is -3.32. The zero-order valence-corrected chi connectivity index (χ0v) is 8.51. The van der Waals surface area contributed by atoms with Crippen LogP contribution in [0.25, 0.3) is 0 Å². The van der Waals surface area contributed by atoms with Gasteiger partial charge in [-0.3, -0.25) is 0 Å². The summed E-state index contributed by atoms with van der Waals surface area (Å²) in [6.07, 6.45) is 1.18. The van der Waals surface area contributed by atoms with Crippen LogP contribution in [0.15, 0.2) is 11.8 Å². The molecule has 0 aromatic carbocycles. The molecule has 0 atom stereocenters. The van der Waals surface area contributed by atoms with E-state index in [-0.39, 0.29) is 35.1 Å². The molecule has 0 unspecified atom stereocenters. The van der Waals surface area contributed by atoms with Gasteiger partial charge in [-0.15, -0.1) is 0 Å². The van der Waals surface area contributed by atoms with Gasteiger partial charge in [-0.2, -0.15) is 0 Å². The van der Waals surface area contributed by atoms with Crippen LogP contribution in [0.1, 0.15) is 13.8 Å². The minimum atomic E-state index is -1.19. The van der Waals surface area contributed by atoms with Gasteiger partial charge in [0.25, 0.3) is 0 Å². The van der Waals surface area contributed by atoms with Crippen LogP contribution in [0.3, 0.4) is 0 Å². The normalized spacial score (nSPS) is 10.0. The van der Waals surface area contributed by atoms with E-state index in [0.29, 0.717) is 6.61 Å². The molecule has 0 saturated heterocycles. The number of aliphatic carboxylic acids is 1. The van der Waals surface area contributed by atoms with Gasteiger partial charge in [0.1, 0.15) is 0 Å². The molecule has 0 fully saturated rings. The van der Waals surface area contributed by atoms with Crippen molar-refractivity contribution in [2.45, 2.75) is 13.8 Å². The first-order valence-corrected chi connectivity index (χ1v) is 2.68. The molecule has 0 N–H and O–H groups in total. The third kappa shape index (κ3) is 6.13. The first kappa shape index (κ1) is 12.7. The number of rotatable bonds is 3. The monoisotopic (exact) mass is 152 g/mol. The largest absolute Gasteiger partial charge is 1.00 e. The zero-order valence-electron chi connectivity index (χ0n) is 6.51. The van der Waals surface area contributed by atoms with Crippen LogP contribution < -0.4 is 34.7 Å². The maximum Gasteiger partial charge on any atom is 1.00 e. The summed E-state index contributed by atoms with van der Waals surface area (Å²) < 4.78 is 4.67. The van der Waals surface area contributed by atoms with Gasteiger partial charge in [-0.05, 0) is 13.8 Å². The molecule has 0 spiro atoms. The molecule has 0 bridgehead atoms. The van der Waals surface area contributed by atoms with E-state index < -0.39 is 5.97 Å². The standard InChI is InChI=1S/C6H10O3.Na/c1-3-9-4-5(2)6(7)8;/h4H,3H2,1-2H3,(H,7,8);/q;+1/p-1. The average molecular weight is 152 g/mol. The van der Waals surface area contributed by atoms with Gasteiger partial charge < -0.3 is 14.6 Å².